The van der Waals surface area contributed by atoms with Gasteiger partial charge in [-0.15, -0.1) is 0 Å². The van der Waals surface area contributed by atoms with Gasteiger partial charge in [0.2, 0.25) is 0 Å². The largest absolute Gasteiger partial charge is 0.483 e. The van der Waals surface area contributed by atoms with Crippen LogP contribution in [0.5, 0.6) is 5.75 Å². The molecule has 0 aliphatic heterocycles. The van der Waals surface area contributed by atoms with E-state index in [1.54, 1.807) is 18.2 Å². The number of amides is 1. The van der Waals surface area contributed by atoms with Crippen LogP contribution in [0.4, 0.5) is 0 Å². The van der Waals surface area contributed by atoms with Crippen molar-refractivity contribution in [1.29, 1.82) is 0 Å². The standard InChI is InChI=1S/C12H13Br2NO5/c1-19-12(18)9(5-16)15-11(17)6-20-10-3-2-7(13)4-8(10)14/h2-4,9,16H,5-6H2,1H3,(H,15,17). The molecule has 0 saturated carbocycles. The van der Waals surface area contributed by atoms with Gasteiger partial charge in [0.05, 0.1) is 18.2 Å². The smallest absolute Gasteiger partial charge is 0.330 e. The first-order valence-corrected chi connectivity index (χ1v) is 7.12. The van der Waals surface area contributed by atoms with E-state index in [0.717, 1.165) is 4.47 Å². The topological polar surface area (TPSA) is 84.9 Å². The Morgan fingerprint density at radius 3 is 2.65 bits per heavy atom. The fourth-order valence-corrected chi connectivity index (χ4v) is 2.45. The van der Waals surface area contributed by atoms with Crippen molar-refractivity contribution in [2.45, 2.75) is 6.04 Å². The normalized spacial score (nSPS) is 11.6. The van der Waals surface area contributed by atoms with Crippen LogP contribution in [-0.4, -0.2) is 43.3 Å². The van der Waals surface area contributed by atoms with Crippen LogP contribution in [-0.2, 0) is 14.3 Å². The van der Waals surface area contributed by atoms with Crippen molar-refractivity contribution in [3.05, 3.63) is 27.1 Å². The molecule has 6 nitrogen and oxygen atoms in total. The summed E-state index contributed by atoms with van der Waals surface area (Å²) in [6.45, 7) is -0.825. The van der Waals surface area contributed by atoms with E-state index in [-0.39, 0.29) is 6.61 Å². The molecule has 1 rings (SSSR count). The van der Waals surface area contributed by atoms with Gasteiger partial charge in [-0.05, 0) is 34.1 Å². The maximum absolute atomic E-state index is 11.6. The summed E-state index contributed by atoms with van der Waals surface area (Å²) >= 11 is 6.59. The maximum atomic E-state index is 11.6. The molecule has 2 N–H and O–H groups in total. The van der Waals surface area contributed by atoms with Crippen LogP contribution >= 0.6 is 31.9 Å². The molecule has 0 fully saturated rings. The van der Waals surface area contributed by atoms with Crippen molar-refractivity contribution < 1.29 is 24.2 Å². The Kier molecular flexibility index (Phi) is 6.97. The molecule has 20 heavy (non-hydrogen) atoms. The van der Waals surface area contributed by atoms with Crippen molar-refractivity contribution >= 4 is 43.7 Å². The van der Waals surface area contributed by atoms with Gasteiger partial charge in [-0.3, -0.25) is 4.79 Å². The van der Waals surface area contributed by atoms with Gasteiger partial charge in [0.15, 0.2) is 12.6 Å². The Labute approximate surface area is 132 Å². The highest BCUT2D eigenvalue weighted by atomic mass is 79.9. The summed E-state index contributed by atoms with van der Waals surface area (Å²) in [5, 5.41) is 11.3. The summed E-state index contributed by atoms with van der Waals surface area (Å²) in [4.78, 5) is 22.8. The van der Waals surface area contributed by atoms with E-state index < -0.39 is 24.5 Å². The Hall–Kier alpha value is -1.12. The molecule has 1 atom stereocenters. The van der Waals surface area contributed by atoms with Crippen molar-refractivity contribution in [2.24, 2.45) is 0 Å². The molecule has 0 aliphatic rings. The maximum Gasteiger partial charge on any atom is 0.330 e. The third-order valence-corrected chi connectivity index (χ3v) is 3.37. The third-order valence-electron chi connectivity index (χ3n) is 2.26. The van der Waals surface area contributed by atoms with Crippen LogP contribution in [0.25, 0.3) is 0 Å². The van der Waals surface area contributed by atoms with Crippen LogP contribution in [0.3, 0.4) is 0 Å². The van der Waals surface area contributed by atoms with Gasteiger partial charge in [0, 0.05) is 4.47 Å². The molecule has 0 heterocycles. The summed E-state index contributed by atoms with van der Waals surface area (Å²) < 4.78 is 11.3. The van der Waals surface area contributed by atoms with E-state index in [9.17, 15) is 9.59 Å². The summed E-state index contributed by atoms with van der Waals surface area (Å²) in [5.74, 6) is -0.767. The van der Waals surface area contributed by atoms with Gasteiger partial charge in [-0.25, -0.2) is 4.79 Å². The molecule has 1 aromatic rings. The van der Waals surface area contributed by atoms with Crippen LogP contribution in [0, 0.1) is 0 Å². The molecule has 1 aromatic carbocycles. The molecule has 0 radical (unpaired) electrons. The van der Waals surface area contributed by atoms with E-state index >= 15 is 0 Å². The van der Waals surface area contributed by atoms with E-state index in [2.05, 4.69) is 41.9 Å². The molecule has 0 aliphatic carbocycles. The lowest BCUT2D eigenvalue weighted by Gasteiger charge is -2.14. The summed E-state index contributed by atoms with van der Waals surface area (Å²) in [7, 11) is 1.17. The first-order chi connectivity index (χ1) is 9.47. The van der Waals surface area contributed by atoms with E-state index in [0.29, 0.717) is 10.2 Å². The number of carbonyl (C=O) groups is 2. The van der Waals surface area contributed by atoms with E-state index in [4.69, 9.17) is 9.84 Å². The van der Waals surface area contributed by atoms with Crippen LogP contribution in [0.15, 0.2) is 27.1 Å². The molecule has 0 aromatic heterocycles. The highest BCUT2D eigenvalue weighted by molar-refractivity contribution is 9.11. The van der Waals surface area contributed by atoms with Crippen molar-refractivity contribution in [1.82, 2.24) is 5.32 Å². The van der Waals surface area contributed by atoms with Gasteiger partial charge < -0.3 is 19.9 Å². The minimum atomic E-state index is -1.09. The molecular formula is C12H13Br2NO5. The highest BCUT2D eigenvalue weighted by Gasteiger charge is 2.20. The van der Waals surface area contributed by atoms with Gasteiger partial charge in [0.25, 0.3) is 5.91 Å². The van der Waals surface area contributed by atoms with Crippen molar-refractivity contribution in [3.8, 4) is 5.75 Å². The Morgan fingerprint density at radius 1 is 1.40 bits per heavy atom. The second kappa shape index (κ2) is 8.23. The highest BCUT2D eigenvalue weighted by Crippen LogP contribution is 2.27. The zero-order chi connectivity index (χ0) is 15.1. The molecule has 110 valence electrons. The molecule has 1 unspecified atom stereocenters. The summed E-state index contributed by atoms with van der Waals surface area (Å²) in [6.07, 6.45) is 0. The van der Waals surface area contributed by atoms with Crippen molar-refractivity contribution in [2.75, 3.05) is 20.3 Å². The number of nitrogens with one attached hydrogen (secondary N) is 1. The Balaban J connectivity index is 2.52. The van der Waals surface area contributed by atoms with Crippen molar-refractivity contribution in [3.63, 3.8) is 0 Å². The second-order valence-electron chi connectivity index (χ2n) is 3.69. The fourth-order valence-electron chi connectivity index (χ4n) is 1.29. The average molecular weight is 411 g/mol. The number of methoxy groups -OCH3 is 1. The second-order valence-corrected chi connectivity index (χ2v) is 5.46. The van der Waals surface area contributed by atoms with Gasteiger partial charge in [-0.2, -0.15) is 0 Å². The van der Waals surface area contributed by atoms with Gasteiger partial charge >= 0.3 is 5.97 Å². The van der Waals surface area contributed by atoms with Crippen LogP contribution < -0.4 is 10.1 Å². The number of carbonyl (C=O) groups excluding carboxylic acids is 2. The van der Waals surface area contributed by atoms with Gasteiger partial charge in [-0.1, -0.05) is 15.9 Å². The predicted octanol–water partition coefficient (Wildman–Crippen LogP) is 1.24. The van der Waals surface area contributed by atoms with E-state index in [1.807, 2.05) is 0 Å². The quantitative estimate of drug-likeness (QED) is 0.689. The fraction of sp³-hybridized carbons (Fsp3) is 0.333. The Morgan fingerprint density at radius 2 is 2.10 bits per heavy atom. The monoisotopic (exact) mass is 409 g/mol. The lowest BCUT2D eigenvalue weighted by atomic mass is 10.3. The molecule has 0 spiro atoms. The molecule has 0 bridgehead atoms. The zero-order valence-electron chi connectivity index (χ0n) is 10.6. The number of aliphatic hydroxyl groups is 1. The number of halogens is 2. The number of esters is 1. The minimum absolute atomic E-state index is 0.284. The number of ether oxygens (including phenoxy) is 2. The molecule has 8 heteroatoms. The number of benzene rings is 1. The first-order valence-electron chi connectivity index (χ1n) is 5.53. The van der Waals surface area contributed by atoms with E-state index in [1.165, 1.54) is 7.11 Å². The number of hydrogen-bond donors (Lipinski definition) is 2. The lowest BCUT2D eigenvalue weighted by molar-refractivity contribution is -0.146. The van der Waals surface area contributed by atoms with Crippen LogP contribution in [0.1, 0.15) is 0 Å². The minimum Gasteiger partial charge on any atom is -0.483 e. The third kappa shape index (κ3) is 5.10. The zero-order valence-corrected chi connectivity index (χ0v) is 13.7. The Bertz CT molecular complexity index is 495. The predicted molar refractivity (Wildman–Crippen MR) is 78.4 cm³/mol. The number of aliphatic hydroxyl groups excluding tert-OH is 1. The first kappa shape index (κ1) is 16.9. The van der Waals surface area contributed by atoms with Gasteiger partial charge in [0.1, 0.15) is 5.75 Å². The summed E-state index contributed by atoms with van der Waals surface area (Å²) in [5.41, 5.74) is 0. The average Bonchev–Trinajstić information content (AvgIpc) is 2.43. The van der Waals surface area contributed by atoms with Crippen LogP contribution in [0.2, 0.25) is 0 Å². The number of rotatable bonds is 6. The summed E-state index contributed by atoms with van der Waals surface area (Å²) in [6, 6.07) is 4.14. The lowest BCUT2D eigenvalue weighted by Crippen LogP contribution is -2.45. The molecule has 0 saturated heterocycles. The molecular weight excluding hydrogens is 398 g/mol. The number of hydrogen-bond acceptors (Lipinski definition) is 5. The molecule has 1 amide bonds. The SMILES string of the molecule is COC(=O)C(CO)NC(=O)COc1ccc(Br)cc1Br.